The molecule has 19 heavy (non-hydrogen) atoms. The van der Waals surface area contributed by atoms with Crippen LogP contribution >= 0.6 is 11.3 Å². The number of nitrogens with one attached hydrogen (secondary N) is 2. The second-order valence-corrected chi connectivity index (χ2v) is 6.29. The van der Waals surface area contributed by atoms with E-state index in [2.05, 4.69) is 22.1 Å². The first-order chi connectivity index (χ1) is 9.24. The van der Waals surface area contributed by atoms with Crippen LogP contribution < -0.4 is 10.6 Å². The highest BCUT2D eigenvalue weighted by atomic mass is 32.1. The van der Waals surface area contributed by atoms with Gasteiger partial charge >= 0.3 is 0 Å². The minimum absolute atomic E-state index is 0.0573. The van der Waals surface area contributed by atoms with Gasteiger partial charge in [-0.2, -0.15) is 0 Å². The molecule has 2 N–H and O–H groups in total. The maximum atomic E-state index is 12.2. The molecule has 4 nitrogen and oxygen atoms in total. The van der Waals surface area contributed by atoms with Crippen LogP contribution in [0, 0.1) is 5.92 Å². The number of amides is 2. The van der Waals surface area contributed by atoms with Gasteiger partial charge in [-0.3, -0.25) is 9.59 Å². The average molecular weight is 278 g/mol. The predicted molar refractivity (Wildman–Crippen MR) is 73.9 cm³/mol. The van der Waals surface area contributed by atoms with Gasteiger partial charge in [0.15, 0.2) is 0 Å². The Hall–Kier alpha value is -1.36. The lowest BCUT2D eigenvalue weighted by molar-refractivity contribution is -0.129. The summed E-state index contributed by atoms with van der Waals surface area (Å²) in [5, 5.41) is 8.04. The Bertz CT molecular complexity index is 487. The molecular formula is C14H18N2O2S. The zero-order chi connectivity index (χ0) is 13.2. The smallest absolute Gasteiger partial charge is 0.225 e. The van der Waals surface area contributed by atoms with Gasteiger partial charge in [-0.1, -0.05) is 0 Å². The molecule has 1 fully saturated rings. The molecule has 0 aromatic carbocycles. The van der Waals surface area contributed by atoms with Gasteiger partial charge in [-0.25, -0.2) is 0 Å². The Morgan fingerprint density at radius 1 is 1.37 bits per heavy atom. The van der Waals surface area contributed by atoms with Crippen molar-refractivity contribution in [2.45, 2.75) is 38.1 Å². The molecule has 0 radical (unpaired) electrons. The van der Waals surface area contributed by atoms with Crippen LogP contribution in [0.15, 0.2) is 11.4 Å². The molecule has 1 aromatic heterocycles. The lowest BCUT2D eigenvalue weighted by Gasteiger charge is -2.27. The number of hydrogen-bond acceptors (Lipinski definition) is 3. The van der Waals surface area contributed by atoms with Crippen molar-refractivity contribution in [2.24, 2.45) is 5.92 Å². The molecule has 2 aliphatic rings. The van der Waals surface area contributed by atoms with Gasteiger partial charge in [0.05, 0.1) is 12.0 Å². The summed E-state index contributed by atoms with van der Waals surface area (Å²) in [4.78, 5) is 24.8. The molecule has 1 aliphatic carbocycles. The molecule has 3 rings (SSSR count). The van der Waals surface area contributed by atoms with Crippen LogP contribution in [0.1, 0.15) is 42.2 Å². The molecule has 1 saturated heterocycles. The predicted octanol–water partition coefficient (Wildman–Crippen LogP) is 1.77. The van der Waals surface area contributed by atoms with Gasteiger partial charge in [0.1, 0.15) is 0 Å². The van der Waals surface area contributed by atoms with E-state index in [0.29, 0.717) is 19.4 Å². The maximum Gasteiger partial charge on any atom is 0.225 e. The summed E-state index contributed by atoms with van der Waals surface area (Å²) in [6, 6.07) is 2.30. The zero-order valence-electron chi connectivity index (χ0n) is 10.8. The first-order valence-electron chi connectivity index (χ1n) is 6.87. The summed E-state index contributed by atoms with van der Waals surface area (Å²) in [5.41, 5.74) is 1.30. The number of aryl methyl sites for hydroxylation is 1. The Morgan fingerprint density at radius 3 is 3.05 bits per heavy atom. The van der Waals surface area contributed by atoms with Gasteiger partial charge in [0.25, 0.3) is 0 Å². The molecular weight excluding hydrogens is 260 g/mol. The highest BCUT2D eigenvalue weighted by Crippen LogP contribution is 2.33. The Kier molecular flexibility index (Phi) is 3.55. The molecule has 2 atom stereocenters. The summed E-state index contributed by atoms with van der Waals surface area (Å²) < 4.78 is 0. The van der Waals surface area contributed by atoms with Crippen molar-refractivity contribution in [3.63, 3.8) is 0 Å². The van der Waals surface area contributed by atoms with Gasteiger partial charge < -0.3 is 10.6 Å². The van der Waals surface area contributed by atoms with Crippen LogP contribution in [0.5, 0.6) is 0 Å². The number of hydrogen-bond donors (Lipinski definition) is 2. The van der Waals surface area contributed by atoms with E-state index >= 15 is 0 Å². The van der Waals surface area contributed by atoms with Crippen LogP contribution in [0.3, 0.4) is 0 Å². The summed E-state index contributed by atoms with van der Waals surface area (Å²) >= 11 is 1.78. The first kappa shape index (κ1) is 12.7. The zero-order valence-corrected chi connectivity index (χ0v) is 11.6. The van der Waals surface area contributed by atoms with Gasteiger partial charge in [0.2, 0.25) is 11.8 Å². The lowest BCUT2D eigenvalue weighted by atomic mass is 9.92. The van der Waals surface area contributed by atoms with Crippen molar-refractivity contribution in [1.29, 1.82) is 0 Å². The van der Waals surface area contributed by atoms with E-state index < -0.39 is 0 Å². The number of fused-ring (bicyclic) bond motifs is 1. The average Bonchev–Trinajstić information content (AvgIpc) is 2.89. The van der Waals surface area contributed by atoms with Crippen molar-refractivity contribution in [1.82, 2.24) is 10.6 Å². The molecule has 1 aromatic rings. The fourth-order valence-electron chi connectivity index (χ4n) is 2.88. The number of thiophene rings is 1. The van der Waals surface area contributed by atoms with E-state index in [-0.39, 0.29) is 23.8 Å². The van der Waals surface area contributed by atoms with E-state index in [1.165, 1.54) is 10.4 Å². The van der Waals surface area contributed by atoms with E-state index in [0.717, 1.165) is 19.3 Å². The first-order valence-corrected chi connectivity index (χ1v) is 7.75. The van der Waals surface area contributed by atoms with Gasteiger partial charge in [-0.05, 0) is 42.7 Å². The number of rotatable bonds is 2. The minimum atomic E-state index is -0.0679. The molecule has 2 unspecified atom stereocenters. The second kappa shape index (κ2) is 5.33. The Labute approximate surface area is 116 Å². The summed E-state index contributed by atoms with van der Waals surface area (Å²) in [7, 11) is 0. The monoisotopic (exact) mass is 278 g/mol. The standard InChI is InChI=1S/C14H18N2O2S/c17-13-5-4-9(8-15-13)14(18)16-11-2-1-3-12-10(11)6-7-19-12/h6-7,9,11H,1-5,8H2,(H,15,17)(H,16,18). The molecule has 0 bridgehead atoms. The van der Waals surface area contributed by atoms with E-state index in [1.54, 1.807) is 11.3 Å². The van der Waals surface area contributed by atoms with E-state index in [1.807, 2.05) is 0 Å². The third-order valence-electron chi connectivity index (χ3n) is 4.00. The molecule has 2 amide bonds. The van der Waals surface area contributed by atoms with Gasteiger partial charge in [-0.15, -0.1) is 11.3 Å². The SMILES string of the molecule is O=C1CCC(C(=O)NC2CCCc3sccc32)CN1. The summed E-state index contributed by atoms with van der Waals surface area (Å²) in [6.07, 6.45) is 4.43. The van der Waals surface area contributed by atoms with Gasteiger partial charge in [0, 0.05) is 17.8 Å². The van der Waals surface area contributed by atoms with Crippen molar-refractivity contribution in [2.75, 3.05) is 6.54 Å². The molecule has 102 valence electrons. The van der Waals surface area contributed by atoms with Crippen LogP contribution in [0.25, 0.3) is 0 Å². The fourth-order valence-corrected chi connectivity index (χ4v) is 3.87. The quantitative estimate of drug-likeness (QED) is 0.866. The van der Waals surface area contributed by atoms with Crippen LogP contribution in [-0.2, 0) is 16.0 Å². The minimum Gasteiger partial charge on any atom is -0.355 e. The molecule has 1 aliphatic heterocycles. The topological polar surface area (TPSA) is 58.2 Å². The largest absolute Gasteiger partial charge is 0.355 e. The van der Waals surface area contributed by atoms with E-state index in [9.17, 15) is 9.59 Å². The van der Waals surface area contributed by atoms with Crippen LogP contribution in [0.4, 0.5) is 0 Å². The molecule has 0 spiro atoms. The molecule has 5 heteroatoms. The molecule has 0 saturated carbocycles. The van der Waals surface area contributed by atoms with Crippen LogP contribution in [0.2, 0.25) is 0 Å². The number of piperidine rings is 1. The van der Waals surface area contributed by atoms with E-state index in [4.69, 9.17) is 0 Å². The summed E-state index contributed by atoms with van der Waals surface area (Å²) in [6.45, 7) is 0.480. The van der Waals surface area contributed by atoms with Crippen molar-refractivity contribution in [3.05, 3.63) is 21.9 Å². The summed E-state index contributed by atoms with van der Waals surface area (Å²) in [5.74, 6) is 0.0765. The third kappa shape index (κ3) is 2.66. The van der Waals surface area contributed by atoms with Crippen molar-refractivity contribution >= 4 is 23.2 Å². The normalized spacial score (nSPS) is 26.4. The Morgan fingerprint density at radius 2 is 2.26 bits per heavy atom. The van der Waals surface area contributed by atoms with Crippen LogP contribution in [-0.4, -0.2) is 18.4 Å². The highest BCUT2D eigenvalue weighted by molar-refractivity contribution is 7.10. The van der Waals surface area contributed by atoms with Crippen molar-refractivity contribution < 1.29 is 9.59 Å². The highest BCUT2D eigenvalue weighted by Gasteiger charge is 2.28. The fraction of sp³-hybridized carbons (Fsp3) is 0.571. The maximum absolute atomic E-state index is 12.2. The number of carbonyl (C=O) groups is 2. The number of carbonyl (C=O) groups excluding carboxylic acids is 2. The second-order valence-electron chi connectivity index (χ2n) is 5.29. The van der Waals surface area contributed by atoms with Crippen molar-refractivity contribution in [3.8, 4) is 0 Å². The third-order valence-corrected chi connectivity index (χ3v) is 5.00. The Balaban J connectivity index is 1.63. The molecule has 2 heterocycles. The lowest BCUT2D eigenvalue weighted by Crippen LogP contribution is -2.44.